The van der Waals surface area contributed by atoms with E-state index in [0.29, 0.717) is 5.69 Å². The number of hydrogen-bond acceptors (Lipinski definition) is 3. The van der Waals surface area contributed by atoms with E-state index in [4.69, 9.17) is 4.98 Å². The predicted molar refractivity (Wildman–Crippen MR) is 111 cm³/mol. The zero-order chi connectivity index (χ0) is 19.3. The monoisotopic (exact) mass is 391 g/mol. The zero-order valence-electron chi connectivity index (χ0n) is 15.0. The van der Waals surface area contributed by atoms with Gasteiger partial charge in [-0.05, 0) is 42.0 Å². The third-order valence-electron chi connectivity index (χ3n) is 4.26. The number of fused-ring (bicyclic) bond motifs is 1. The van der Waals surface area contributed by atoms with Gasteiger partial charge in [0.05, 0.1) is 11.0 Å². The molecule has 3 aromatic carbocycles. The molecule has 0 saturated carbocycles. The Hall–Kier alpha value is -3.12. The number of benzene rings is 3. The first kappa shape index (κ1) is 18.3. The Kier molecular flexibility index (Phi) is 5.39. The molecule has 6 heteroatoms. The van der Waals surface area contributed by atoms with Crippen molar-refractivity contribution in [1.82, 2.24) is 9.55 Å². The molecule has 4 nitrogen and oxygen atoms in total. The van der Waals surface area contributed by atoms with Crippen LogP contribution in [0.5, 0.6) is 0 Å². The van der Waals surface area contributed by atoms with Crippen molar-refractivity contribution in [2.45, 2.75) is 17.5 Å². The normalized spacial score (nSPS) is 10.9. The molecule has 0 bridgehead atoms. The summed E-state index contributed by atoms with van der Waals surface area (Å²) in [5, 5.41) is 3.60. The van der Waals surface area contributed by atoms with Gasteiger partial charge >= 0.3 is 0 Å². The van der Waals surface area contributed by atoms with Gasteiger partial charge < -0.3 is 9.88 Å². The van der Waals surface area contributed by atoms with Crippen LogP contribution in [0.2, 0.25) is 0 Å². The molecule has 1 aromatic heterocycles. The number of aromatic nitrogens is 2. The van der Waals surface area contributed by atoms with E-state index in [2.05, 4.69) is 17.4 Å². The molecule has 1 heterocycles. The lowest BCUT2D eigenvalue weighted by Crippen LogP contribution is -2.19. The van der Waals surface area contributed by atoms with Crippen molar-refractivity contribution < 1.29 is 9.18 Å². The third kappa shape index (κ3) is 4.23. The number of carbonyl (C=O) groups excluding carboxylic acids is 1. The topological polar surface area (TPSA) is 46.9 Å². The van der Waals surface area contributed by atoms with Gasteiger partial charge in [0.2, 0.25) is 5.91 Å². The minimum absolute atomic E-state index is 0.134. The molecule has 0 radical (unpaired) electrons. The summed E-state index contributed by atoms with van der Waals surface area (Å²) in [6, 6.07) is 23.7. The summed E-state index contributed by atoms with van der Waals surface area (Å²) in [6.07, 6.45) is 0. The fourth-order valence-corrected chi connectivity index (χ4v) is 3.89. The van der Waals surface area contributed by atoms with Crippen LogP contribution >= 0.6 is 11.8 Å². The summed E-state index contributed by atoms with van der Waals surface area (Å²) in [6.45, 7) is 0.134. The van der Waals surface area contributed by atoms with E-state index < -0.39 is 0 Å². The van der Waals surface area contributed by atoms with E-state index in [9.17, 15) is 9.18 Å². The number of imidazole rings is 1. The smallest absolute Gasteiger partial charge is 0.244 e. The molecule has 4 aromatic rings. The van der Waals surface area contributed by atoms with Gasteiger partial charge in [-0.2, -0.15) is 0 Å². The Morgan fingerprint density at radius 2 is 1.68 bits per heavy atom. The van der Waals surface area contributed by atoms with Crippen molar-refractivity contribution in [2.24, 2.45) is 0 Å². The Morgan fingerprint density at radius 3 is 2.46 bits per heavy atom. The van der Waals surface area contributed by atoms with Crippen LogP contribution in [0.1, 0.15) is 5.56 Å². The van der Waals surface area contributed by atoms with E-state index >= 15 is 0 Å². The van der Waals surface area contributed by atoms with E-state index in [1.807, 2.05) is 47.0 Å². The molecule has 0 saturated heterocycles. The van der Waals surface area contributed by atoms with Gasteiger partial charge in [-0.3, -0.25) is 4.79 Å². The van der Waals surface area contributed by atoms with Crippen LogP contribution in [0, 0.1) is 5.82 Å². The molecular formula is C22H18FN3OS. The highest BCUT2D eigenvalue weighted by molar-refractivity contribution is 7.98. The van der Waals surface area contributed by atoms with Crippen LogP contribution in [0.4, 0.5) is 10.1 Å². The van der Waals surface area contributed by atoms with Crippen molar-refractivity contribution >= 4 is 34.4 Å². The van der Waals surface area contributed by atoms with E-state index in [0.717, 1.165) is 21.9 Å². The lowest BCUT2D eigenvalue weighted by molar-refractivity contribution is -0.116. The van der Waals surface area contributed by atoms with Crippen LogP contribution < -0.4 is 5.32 Å². The van der Waals surface area contributed by atoms with Gasteiger partial charge in [-0.1, -0.05) is 54.2 Å². The van der Waals surface area contributed by atoms with E-state index in [1.165, 1.54) is 17.7 Å². The van der Waals surface area contributed by atoms with Crippen molar-refractivity contribution in [3.63, 3.8) is 0 Å². The van der Waals surface area contributed by atoms with Gasteiger partial charge in [0, 0.05) is 11.4 Å². The van der Waals surface area contributed by atoms with Gasteiger partial charge in [-0.25, -0.2) is 9.37 Å². The Balaban J connectivity index is 1.55. The summed E-state index contributed by atoms with van der Waals surface area (Å²) in [5.41, 5.74) is 3.52. The molecule has 0 unspecified atom stereocenters. The first-order valence-corrected chi connectivity index (χ1v) is 9.85. The van der Waals surface area contributed by atoms with Crippen LogP contribution in [-0.2, 0) is 17.1 Å². The molecule has 0 aliphatic carbocycles. The highest BCUT2D eigenvalue weighted by Gasteiger charge is 2.14. The first-order valence-electron chi connectivity index (χ1n) is 8.86. The minimum atomic E-state index is -0.335. The van der Waals surface area contributed by atoms with Crippen molar-refractivity contribution in [1.29, 1.82) is 0 Å². The fraction of sp³-hybridized carbons (Fsp3) is 0.0909. The predicted octanol–water partition coefficient (Wildman–Crippen LogP) is 5.11. The van der Waals surface area contributed by atoms with Gasteiger partial charge in [0.15, 0.2) is 5.16 Å². The Bertz CT molecular complexity index is 1090. The largest absolute Gasteiger partial charge is 0.325 e. The van der Waals surface area contributed by atoms with Gasteiger partial charge in [0.25, 0.3) is 0 Å². The van der Waals surface area contributed by atoms with Gasteiger partial charge in [-0.15, -0.1) is 0 Å². The Morgan fingerprint density at radius 1 is 0.964 bits per heavy atom. The first-order chi connectivity index (χ1) is 13.7. The fourth-order valence-electron chi connectivity index (χ4n) is 2.92. The molecule has 1 N–H and O–H groups in total. The highest BCUT2D eigenvalue weighted by atomic mass is 32.2. The molecule has 0 spiro atoms. The molecule has 0 aliphatic rings. The van der Waals surface area contributed by atoms with Crippen molar-refractivity contribution in [3.05, 3.63) is 90.2 Å². The number of amides is 1. The van der Waals surface area contributed by atoms with Crippen LogP contribution in [0.15, 0.2) is 84.0 Å². The second-order valence-corrected chi connectivity index (χ2v) is 7.24. The summed E-state index contributed by atoms with van der Waals surface area (Å²) >= 11 is 1.60. The summed E-state index contributed by atoms with van der Waals surface area (Å²) in [7, 11) is 0. The van der Waals surface area contributed by atoms with Crippen LogP contribution in [-0.4, -0.2) is 15.5 Å². The molecular weight excluding hydrogens is 373 g/mol. The number of nitrogens with zero attached hydrogens (tertiary/aromatic N) is 2. The second kappa shape index (κ2) is 8.27. The number of hydrogen-bond donors (Lipinski definition) is 1. The van der Waals surface area contributed by atoms with E-state index in [1.54, 1.807) is 23.9 Å². The number of anilines is 1. The van der Waals surface area contributed by atoms with E-state index in [-0.39, 0.29) is 18.3 Å². The molecule has 0 aliphatic heterocycles. The number of rotatable bonds is 6. The Labute approximate surface area is 166 Å². The summed E-state index contributed by atoms with van der Waals surface area (Å²) < 4.78 is 15.0. The number of carbonyl (C=O) groups is 1. The third-order valence-corrected chi connectivity index (χ3v) is 5.31. The average Bonchev–Trinajstić information content (AvgIpc) is 3.06. The lowest BCUT2D eigenvalue weighted by atomic mass is 10.2. The lowest BCUT2D eigenvalue weighted by Gasteiger charge is -2.10. The van der Waals surface area contributed by atoms with Crippen LogP contribution in [0.3, 0.4) is 0 Å². The zero-order valence-corrected chi connectivity index (χ0v) is 15.8. The maximum Gasteiger partial charge on any atom is 0.244 e. The van der Waals surface area contributed by atoms with Crippen LogP contribution in [0.25, 0.3) is 11.0 Å². The molecule has 0 atom stereocenters. The highest BCUT2D eigenvalue weighted by Crippen LogP contribution is 2.27. The summed E-state index contributed by atoms with van der Waals surface area (Å²) in [5.74, 6) is 0.249. The SMILES string of the molecule is O=C(Cn1c(SCc2ccccc2)nc2ccccc21)Nc1ccc(F)cc1. The number of nitrogens with one attached hydrogen (secondary N) is 1. The number of para-hydroxylation sites is 2. The molecule has 28 heavy (non-hydrogen) atoms. The molecule has 0 fully saturated rings. The van der Waals surface area contributed by atoms with Crippen molar-refractivity contribution in [2.75, 3.05) is 5.32 Å². The maximum atomic E-state index is 13.1. The molecule has 140 valence electrons. The minimum Gasteiger partial charge on any atom is -0.325 e. The molecule has 1 amide bonds. The second-order valence-electron chi connectivity index (χ2n) is 6.30. The van der Waals surface area contributed by atoms with Gasteiger partial charge in [0.1, 0.15) is 12.4 Å². The summed E-state index contributed by atoms with van der Waals surface area (Å²) in [4.78, 5) is 17.3. The van der Waals surface area contributed by atoms with Crippen molar-refractivity contribution in [3.8, 4) is 0 Å². The molecule has 4 rings (SSSR count). The number of halogens is 1. The standard InChI is InChI=1S/C22H18FN3OS/c23-17-10-12-18(13-11-17)24-21(27)14-26-20-9-5-4-8-19(20)25-22(26)28-15-16-6-2-1-3-7-16/h1-13H,14-15H2,(H,24,27). The number of thioether (sulfide) groups is 1. The maximum absolute atomic E-state index is 13.1. The average molecular weight is 391 g/mol. The quantitative estimate of drug-likeness (QED) is 0.465.